The molecule has 0 bridgehead atoms. The van der Waals surface area contributed by atoms with Gasteiger partial charge in [-0.25, -0.2) is 9.97 Å². The minimum absolute atomic E-state index is 0.00469. The van der Waals surface area contributed by atoms with Crippen LogP contribution in [0.15, 0.2) is 6.20 Å². The highest BCUT2D eigenvalue weighted by Gasteiger charge is 2.40. The van der Waals surface area contributed by atoms with Gasteiger partial charge in [-0.05, 0) is 32.7 Å². The van der Waals surface area contributed by atoms with Crippen LogP contribution in [0, 0.1) is 12.8 Å². The maximum atomic E-state index is 13.0. The molecule has 2 aliphatic rings. The van der Waals surface area contributed by atoms with Crippen molar-refractivity contribution in [2.45, 2.75) is 32.2 Å². The van der Waals surface area contributed by atoms with E-state index < -0.39 is 0 Å². The molecule has 3 heterocycles. The lowest BCUT2D eigenvalue weighted by molar-refractivity contribution is -0.140. The minimum Gasteiger partial charge on any atom is -0.347 e. The van der Waals surface area contributed by atoms with Crippen molar-refractivity contribution >= 4 is 17.8 Å². The fraction of sp³-hybridized carbons (Fsp3) is 0.684. The van der Waals surface area contributed by atoms with Gasteiger partial charge < -0.3 is 20.0 Å². The summed E-state index contributed by atoms with van der Waals surface area (Å²) in [6, 6.07) is 0.247. The van der Waals surface area contributed by atoms with Crippen LogP contribution in [0.2, 0.25) is 0 Å². The van der Waals surface area contributed by atoms with E-state index in [1.807, 2.05) is 42.8 Å². The van der Waals surface area contributed by atoms with Crippen LogP contribution in [-0.2, 0) is 4.79 Å². The van der Waals surface area contributed by atoms with E-state index in [2.05, 4.69) is 15.3 Å². The van der Waals surface area contributed by atoms with Crippen molar-refractivity contribution in [3.63, 3.8) is 0 Å². The highest BCUT2D eigenvalue weighted by molar-refractivity contribution is 5.95. The number of carbonyl (C=O) groups excluding carboxylic acids is 2. The highest BCUT2D eigenvalue weighted by Crippen LogP contribution is 2.31. The maximum Gasteiger partial charge on any atom is 0.257 e. The van der Waals surface area contributed by atoms with E-state index in [4.69, 9.17) is 0 Å². The van der Waals surface area contributed by atoms with E-state index in [9.17, 15) is 9.59 Å². The van der Waals surface area contributed by atoms with Gasteiger partial charge in [0.15, 0.2) is 0 Å². The van der Waals surface area contributed by atoms with E-state index >= 15 is 0 Å². The molecule has 2 amide bonds. The number of likely N-dealkylation sites (tertiary alicyclic amines) is 2. The average Bonchev–Trinajstić information content (AvgIpc) is 2.66. The number of hydrogen-bond donors (Lipinski definition) is 1. The number of hydrogen-bond acceptors (Lipinski definition) is 6. The first kappa shape index (κ1) is 19.5. The van der Waals surface area contributed by atoms with Crippen LogP contribution in [0.3, 0.4) is 0 Å². The zero-order chi connectivity index (χ0) is 19.6. The summed E-state index contributed by atoms with van der Waals surface area (Å²) in [5.74, 6) is 1.19. The second kappa shape index (κ2) is 8.21. The first-order valence-corrected chi connectivity index (χ1v) is 9.66. The Morgan fingerprint density at radius 1 is 1.37 bits per heavy atom. The van der Waals surface area contributed by atoms with Gasteiger partial charge >= 0.3 is 0 Å². The number of aromatic nitrogens is 2. The molecule has 0 radical (unpaired) electrons. The van der Waals surface area contributed by atoms with Crippen molar-refractivity contribution in [2.75, 3.05) is 52.2 Å². The zero-order valence-electron chi connectivity index (χ0n) is 16.7. The molecular formula is C19H30N6O2. The quantitative estimate of drug-likeness (QED) is 0.809. The fourth-order valence-corrected chi connectivity index (χ4v) is 4.11. The third-order valence-corrected chi connectivity index (χ3v) is 5.63. The smallest absolute Gasteiger partial charge is 0.257 e. The van der Waals surface area contributed by atoms with Crippen molar-refractivity contribution in [1.82, 2.24) is 25.1 Å². The molecule has 8 heteroatoms. The summed E-state index contributed by atoms with van der Waals surface area (Å²) in [6.45, 7) is 4.75. The second-order valence-electron chi connectivity index (χ2n) is 7.66. The topological polar surface area (TPSA) is 81.7 Å². The molecule has 0 aliphatic carbocycles. The number of fused-ring (bicyclic) bond motifs is 1. The highest BCUT2D eigenvalue weighted by atomic mass is 16.2. The maximum absolute atomic E-state index is 13.0. The summed E-state index contributed by atoms with van der Waals surface area (Å²) in [4.78, 5) is 39.8. The molecule has 2 aliphatic heterocycles. The first-order chi connectivity index (χ1) is 12.9. The lowest BCUT2D eigenvalue weighted by Gasteiger charge is -2.47. The molecule has 2 atom stereocenters. The number of aryl methyl sites for hydroxylation is 1. The van der Waals surface area contributed by atoms with Gasteiger partial charge in [0.1, 0.15) is 0 Å². The van der Waals surface area contributed by atoms with Gasteiger partial charge in [0.2, 0.25) is 11.9 Å². The van der Waals surface area contributed by atoms with Crippen LogP contribution in [0.1, 0.15) is 35.3 Å². The van der Waals surface area contributed by atoms with Crippen molar-refractivity contribution in [3.05, 3.63) is 17.5 Å². The molecule has 0 unspecified atom stereocenters. The number of amides is 2. The molecular weight excluding hydrogens is 344 g/mol. The molecule has 8 nitrogen and oxygen atoms in total. The molecule has 0 aromatic carbocycles. The van der Waals surface area contributed by atoms with Crippen LogP contribution in [0.5, 0.6) is 0 Å². The van der Waals surface area contributed by atoms with Gasteiger partial charge in [-0.2, -0.15) is 0 Å². The molecule has 0 saturated carbocycles. The van der Waals surface area contributed by atoms with E-state index in [-0.39, 0.29) is 17.9 Å². The second-order valence-corrected chi connectivity index (χ2v) is 7.66. The number of nitrogens with zero attached hydrogens (tertiary/aromatic N) is 5. The lowest BCUT2D eigenvalue weighted by atomic mass is 9.83. The van der Waals surface area contributed by atoms with Gasteiger partial charge in [-0.3, -0.25) is 9.59 Å². The molecule has 0 spiro atoms. The molecule has 1 aromatic rings. The lowest BCUT2D eigenvalue weighted by Crippen LogP contribution is -2.57. The Morgan fingerprint density at radius 3 is 2.81 bits per heavy atom. The number of nitrogens with one attached hydrogen (secondary N) is 1. The largest absolute Gasteiger partial charge is 0.347 e. The summed E-state index contributed by atoms with van der Waals surface area (Å²) in [5, 5.41) is 3.12. The molecule has 27 heavy (non-hydrogen) atoms. The summed E-state index contributed by atoms with van der Waals surface area (Å²) in [7, 11) is 5.66. The number of likely N-dealkylation sites (N-methyl/N-ethyl adjacent to an activating group) is 1. The Bertz CT molecular complexity index is 707. The molecule has 2 saturated heterocycles. The molecule has 1 aromatic heterocycles. The van der Waals surface area contributed by atoms with E-state index in [0.29, 0.717) is 42.6 Å². The number of piperidine rings is 2. The van der Waals surface area contributed by atoms with Crippen LogP contribution >= 0.6 is 0 Å². The van der Waals surface area contributed by atoms with Gasteiger partial charge in [-0.15, -0.1) is 0 Å². The van der Waals surface area contributed by atoms with E-state index in [1.54, 1.807) is 6.20 Å². The summed E-state index contributed by atoms with van der Waals surface area (Å²) < 4.78 is 0. The van der Waals surface area contributed by atoms with Crippen molar-refractivity contribution in [3.8, 4) is 0 Å². The number of rotatable bonds is 5. The van der Waals surface area contributed by atoms with Gasteiger partial charge in [0, 0.05) is 58.9 Å². The summed E-state index contributed by atoms with van der Waals surface area (Å²) in [5.41, 5.74) is 1.27. The van der Waals surface area contributed by atoms with Gasteiger partial charge in [0.25, 0.3) is 5.91 Å². The normalized spacial score (nSPS) is 22.6. The third kappa shape index (κ3) is 4.05. The van der Waals surface area contributed by atoms with Crippen molar-refractivity contribution in [1.29, 1.82) is 0 Å². The predicted molar refractivity (Wildman–Crippen MR) is 104 cm³/mol. The predicted octanol–water partition coefficient (Wildman–Crippen LogP) is 0.524. The van der Waals surface area contributed by atoms with Gasteiger partial charge in [-0.1, -0.05) is 0 Å². The van der Waals surface area contributed by atoms with Crippen LogP contribution < -0.4 is 10.2 Å². The Hall–Kier alpha value is -2.22. The first-order valence-electron chi connectivity index (χ1n) is 9.66. The van der Waals surface area contributed by atoms with Crippen LogP contribution in [0.4, 0.5) is 5.95 Å². The Kier molecular flexibility index (Phi) is 5.94. The fourth-order valence-electron chi connectivity index (χ4n) is 4.11. The van der Waals surface area contributed by atoms with Crippen molar-refractivity contribution in [2.24, 2.45) is 5.92 Å². The van der Waals surface area contributed by atoms with Crippen LogP contribution in [-0.4, -0.2) is 84.9 Å². The Balaban J connectivity index is 1.70. The average molecular weight is 374 g/mol. The zero-order valence-corrected chi connectivity index (χ0v) is 16.7. The number of carbonyl (C=O) groups is 2. The minimum atomic E-state index is -0.00469. The monoisotopic (exact) mass is 374 g/mol. The van der Waals surface area contributed by atoms with Crippen molar-refractivity contribution < 1.29 is 9.59 Å². The Morgan fingerprint density at radius 2 is 2.15 bits per heavy atom. The molecule has 1 N–H and O–H groups in total. The summed E-state index contributed by atoms with van der Waals surface area (Å²) in [6.07, 6.45) is 3.90. The third-order valence-electron chi connectivity index (χ3n) is 5.63. The SMILES string of the molecule is CNCCN1C(=O)CC[C@H]2CN(C(=O)c3cnc(N(C)C)nc3C)CC[C@H]21. The molecule has 3 rings (SSSR count). The standard InChI is InChI=1S/C19H30N6O2/c1-13-15(11-21-19(22-13)23(3)4)18(27)24-9-7-16-14(12-24)5-6-17(26)25(16)10-8-20-2/h11,14,16,20H,5-10,12H2,1-4H3/t14-,16+/m0/s1. The van der Waals surface area contributed by atoms with Gasteiger partial charge in [0.05, 0.1) is 11.3 Å². The van der Waals surface area contributed by atoms with E-state index in [0.717, 1.165) is 25.9 Å². The molecule has 148 valence electrons. The Labute approximate surface area is 160 Å². The van der Waals surface area contributed by atoms with E-state index in [1.165, 1.54) is 0 Å². The summed E-state index contributed by atoms with van der Waals surface area (Å²) >= 11 is 0. The number of anilines is 1. The van der Waals surface area contributed by atoms with Crippen LogP contribution in [0.25, 0.3) is 0 Å². The molecule has 2 fully saturated rings.